The summed E-state index contributed by atoms with van der Waals surface area (Å²) >= 11 is 1.13. The zero-order chi connectivity index (χ0) is 32.1. The van der Waals surface area contributed by atoms with E-state index in [1.165, 1.54) is 21.3 Å². The van der Waals surface area contributed by atoms with E-state index in [0.29, 0.717) is 50.5 Å². The van der Waals surface area contributed by atoms with Crippen molar-refractivity contribution in [2.24, 2.45) is 0 Å². The Morgan fingerprint density at radius 2 is 1.40 bits per heavy atom. The van der Waals surface area contributed by atoms with Crippen LogP contribution in [0, 0.1) is 6.92 Å². The number of anilines is 3. The second-order valence-electron chi connectivity index (χ2n) is 9.84. The van der Waals surface area contributed by atoms with Crippen molar-refractivity contribution in [3.05, 3.63) is 107 Å². The van der Waals surface area contributed by atoms with Crippen molar-refractivity contribution in [1.82, 2.24) is 0 Å². The van der Waals surface area contributed by atoms with E-state index in [2.05, 4.69) is 10.6 Å². The molecule has 0 aromatic heterocycles. The minimum Gasteiger partial charge on any atom is -0.497 e. The normalized spacial score (nSPS) is 12.7. The summed E-state index contributed by atoms with van der Waals surface area (Å²) in [6.45, 7) is 1.97. The number of nitrogens with zero attached hydrogens (tertiary/aromatic N) is 1. The van der Waals surface area contributed by atoms with E-state index in [-0.39, 0.29) is 10.6 Å². The number of hydrogen-bond acceptors (Lipinski definition) is 9. The van der Waals surface area contributed by atoms with E-state index in [1.807, 2.05) is 31.2 Å². The molecule has 0 bridgehead atoms. The summed E-state index contributed by atoms with van der Waals surface area (Å²) in [5.41, 5.74) is 3.06. The molecule has 0 saturated heterocycles. The first kappa shape index (κ1) is 31.0. The van der Waals surface area contributed by atoms with E-state index in [9.17, 15) is 14.4 Å². The highest BCUT2D eigenvalue weighted by Crippen LogP contribution is 2.40. The molecule has 1 heterocycles. The molecule has 4 aromatic rings. The van der Waals surface area contributed by atoms with E-state index in [1.54, 1.807) is 67.8 Å². The number of methoxy groups -OCH3 is 4. The van der Waals surface area contributed by atoms with Crippen molar-refractivity contribution in [3.8, 4) is 23.0 Å². The van der Waals surface area contributed by atoms with Crippen LogP contribution in [0.2, 0.25) is 0 Å². The molecule has 1 aliphatic heterocycles. The Kier molecular flexibility index (Phi) is 9.29. The summed E-state index contributed by atoms with van der Waals surface area (Å²) in [6, 6.07) is 24.3. The monoisotopic (exact) mass is 625 g/mol. The fourth-order valence-corrected chi connectivity index (χ4v) is 5.62. The molecule has 4 aromatic carbocycles. The van der Waals surface area contributed by atoms with Gasteiger partial charge in [-0.2, -0.15) is 0 Å². The summed E-state index contributed by atoms with van der Waals surface area (Å²) in [7, 11) is 5.98. The zero-order valence-corrected chi connectivity index (χ0v) is 26.1. The third kappa shape index (κ3) is 6.58. The van der Waals surface area contributed by atoms with Gasteiger partial charge in [-0.05, 0) is 73.7 Å². The Hall–Kier alpha value is -5.42. The smallest absolute Gasteiger partial charge is 0.283 e. The molecule has 0 unspecified atom stereocenters. The highest BCUT2D eigenvalue weighted by Gasteiger charge is 2.40. The number of carbonyl (C=O) groups excluding carboxylic acids is 3. The minimum absolute atomic E-state index is 0.150. The second kappa shape index (κ2) is 13.5. The van der Waals surface area contributed by atoms with Crippen LogP contribution in [-0.2, 0) is 9.59 Å². The maximum atomic E-state index is 13.8. The van der Waals surface area contributed by atoms with E-state index in [4.69, 9.17) is 18.9 Å². The SMILES string of the molecule is COc1ccc(N2C(=O)C(Nc3ccc(C)cc3)=C(Sc3cccc(NC(=O)c4cc(OC)c(OC)c(OC)c4)c3)C2=O)cc1. The Bertz CT molecular complexity index is 1760. The van der Waals surface area contributed by atoms with Gasteiger partial charge in [0.15, 0.2) is 11.5 Å². The first-order valence-electron chi connectivity index (χ1n) is 13.8. The number of thioether (sulfide) groups is 1. The number of nitrogens with one attached hydrogen (secondary N) is 2. The van der Waals surface area contributed by atoms with Crippen molar-refractivity contribution in [2.75, 3.05) is 44.0 Å². The van der Waals surface area contributed by atoms with Crippen LogP contribution in [0.5, 0.6) is 23.0 Å². The van der Waals surface area contributed by atoms with Crippen molar-refractivity contribution in [2.45, 2.75) is 11.8 Å². The van der Waals surface area contributed by atoms with Gasteiger partial charge in [0.1, 0.15) is 16.4 Å². The summed E-state index contributed by atoms with van der Waals surface area (Å²) in [4.78, 5) is 42.7. The van der Waals surface area contributed by atoms with Crippen molar-refractivity contribution < 1.29 is 33.3 Å². The Balaban J connectivity index is 1.44. The molecule has 1 aliphatic rings. The Morgan fingerprint density at radius 3 is 2.00 bits per heavy atom. The van der Waals surface area contributed by atoms with Crippen LogP contribution in [-0.4, -0.2) is 46.2 Å². The fraction of sp³-hybridized carbons (Fsp3) is 0.147. The van der Waals surface area contributed by atoms with E-state index >= 15 is 0 Å². The first-order valence-corrected chi connectivity index (χ1v) is 14.6. The summed E-state index contributed by atoms with van der Waals surface area (Å²) < 4.78 is 21.3. The molecular weight excluding hydrogens is 594 g/mol. The fourth-order valence-electron chi connectivity index (χ4n) is 4.63. The molecule has 0 aliphatic carbocycles. The molecule has 5 rings (SSSR count). The summed E-state index contributed by atoms with van der Waals surface area (Å²) in [5, 5.41) is 6.03. The molecule has 0 atom stereocenters. The predicted molar refractivity (Wildman–Crippen MR) is 174 cm³/mol. The largest absolute Gasteiger partial charge is 0.497 e. The van der Waals surface area contributed by atoms with Crippen LogP contribution in [0.1, 0.15) is 15.9 Å². The average Bonchev–Trinajstić information content (AvgIpc) is 3.28. The number of hydrogen-bond donors (Lipinski definition) is 2. The third-order valence-corrected chi connectivity index (χ3v) is 8.00. The van der Waals surface area contributed by atoms with Gasteiger partial charge in [-0.3, -0.25) is 14.4 Å². The van der Waals surface area contributed by atoms with E-state index in [0.717, 1.165) is 22.2 Å². The minimum atomic E-state index is -0.486. The topological polar surface area (TPSA) is 115 Å². The average molecular weight is 626 g/mol. The molecule has 0 spiro atoms. The number of ether oxygens (including phenoxy) is 4. The third-order valence-electron chi connectivity index (χ3n) is 6.93. The molecule has 11 heteroatoms. The lowest BCUT2D eigenvalue weighted by atomic mass is 10.1. The number of imide groups is 1. The maximum Gasteiger partial charge on any atom is 0.283 e. The highest BCUT2D eigenvalue weighted by molar-refractivity contribution is 8.04. The van der Waals surface area contributed by atoms with Crippen LogP contribution in [0.4, 0.5) is 17.1 Å². The summed E-state index contributed by atoms with van der Waals surface area (Å²) in [6.07, 6.45) is 0. The van der Waals surface area contributed by atoms with Gasteiger partial charge < -0.3 is 29.6 Å². The van der Waals surface area contributed by atoms with Crippen LogP contribution in [0.3, 0.4) is 0 Å². The van der Waals surface area contributed by atoms with Gasteiger partial charge in [-0.15, -0.1) is 0 Å². The van der Waals surface area contributed by atoms with E-state index < -0.39 is 17.7 Å². The van der Waals surface area contributed by atoms with Crippen molar-refractivity contribution >= 4 is 46.5 Å². The number of benzene rings is 4. The molecule has 230 valence electrons. The molecule has 0 radical (unpaired) electrons. The molecule has 2 N–H and O–H groups in total. The Morgan fingerprint density at radius 1 is 0.733 bits per heavy atom. The second-order valence-corrected chi connectivity index (χ2v) is 10.9. The number of amides is 3. The zero-order valence-electron chi connectivity index (χ0n) is 25.3. The van der Waals surface area contributed by atoms with Crippen LogP contribution < -0.4 is 34.5 Å². The standard InChI is InChI=1S/C34H31N3O7S/c1-20-9-11-22(12-10-20)35-29-31(34(40)37(33(29)39)24-13-15-25(41-2)16-14-24)45-26-8-6-7-23(19-26)36-32(38)21-17-27(42-3)30(44-5)28(18-21)43-4/h6-19,35H,1-5H3,(H,36,38). The van der Waals surface area contributed by atoms with Gasteiger partial charge in [0, 0.05) is 21.8 Å². The van der Waals surface area contributed by atoms with Gasteiger partial charge >= 0.3 is 0 Å². The number of rotatable bonds is 11. The van der Waals surface area contributed by atoms with Gasteiger partial charge in [-0.1, -0.05) is 35.5 Å². The summed E-state index contributed by atoms with van der Waals surface area (Å²) in [5.74, 6) is 0.295. The quantitative estimate of drug-likeness (QED) is 0.186. The van der Waals surface area contributed by atoms with Crippen LogP contribution in [0.15, 0.2) is 100 Å². The van der Waals surface area contributed by atoms with Gasteiger partial charge in [0.2, 0.25) is 5.75 Å². The number of carbonyl (C=O) groups is 3. The van der Waals surface area contributed by atoms with Crippen molar-refractivity contribution in [3.63, 3.8) is 0 Å². The lowest BCUT2D eigenvalue weighted by molar-refractivity contribution is -0.120. The maximum absolute atomic E-state index is 13.8. The van der Waals surface area contributed by atoms with Crippen molar-refractivity contribution in [1.29, 1.82) is 0 Å². The van der Waals surface area contributed by atoms with Gasteiger partial charge in [0.25, 0.3) is 17.7 Å². The van der Waals surface area contributed by atoms with Gasteiger partial charge in [-0.25, -0.2) is 4.90 Å². The van der Waals surface area contributed by atoms with Gasteiger partial charge in [0.05, 0.1) is 34.1 Å². The Labute approximate surface area is 264 Å². The van der Waals surface area contributed by atoms with Crippen LogP contribution >= 0.6 is 11.8 Å². The highest BCUT2D eigenvalue weighted by atomic mass is 32.2. The molecule has 10 nitrogen and oxygen atoms in total. The lowest BCUT2D eigenvalue weighted by Crippen LogP contribution is -2.32. The lowest BCUT2D eigenvalue weighted by Gasteiger charge is -2.16. The molecule has 0 saturated carbocycles. The number of aryl methyl sites for hydroxylation is 1. The first-order chi connectivity index (χ1) is 21.8. The molecular formula is C34H31N3O7S. The molecule has 45 heavy (non-hydrogen) atoms. The molecule has 0 fully saturated rings. The molecule has 3 amide bonds. The predicted octanol–water partition coefficient (Wildman–Crippen LogP) is 6.27. The van der Waals surface area contributed by atoms with Crippen LogP contribution in [0.25, 0.3) is 0 Å².